The van der Waals surface area contributed by atoms with Crippen LogP contribution in [0, 0.1) is 11.6 Å². The van der Waals surface area contributed by atoms with Gasteiger partial charge < -0.3 is 10.1 Å². The normalized spacial score (nSPS) is 11.8. The summed E-state index contributed by atoms with van der Waals surface area (Å²) in [5.74, 6) is -2.15. The smallest absolute Gasteiger partial charge is 0.330 e. The van der Waals surface area contributed by atoms with E-state index in [-0.39, 0.29) is 12.5 Å². The molecule has 0 bridgehead atoms. The zero-order valence-electron chi connectivity index (χ0n) is 15.5. The molecule has 0 unspecified atom stereocenters. The molecule has 0 saturated heterocycles. The first-order valence-electron chi connectivity index (χ1n) is 8.74. The number of nitrogens with one attached hydrogen (secondary N) is 1. The molecule has 0 radical (unpaired) electrons. The van der Waals surface area contributed by atoms with Crippen LogP contribution in [0.25, 0.3) is 11.1 Å². The van der Waals surface area contributed by atoms with Gasteiger partial charge in [-0.3, -0.25) is 4.79 Å². The van der Waals surface area contributed by atoms with Crippen LogP contribution in [0.1, 0.15) is 12.5 Å². The van der Waals surface area contributed by atoms with Crippen LogP contribution >= 0.6 is 0 Å². The third kappa shape index (κ3) is 6.46. The summed E-state index contributed by atoms with van der Waals surface area (Å²) in [4.78, 5) is 23.1. The second-order valence-corrected chi connectivity index (χ2v) is 5.99. The van der Waals surface area contributed by atoms with Gasteiger partial charge >= 0.3 is 5.97 Å². The third-order valence-corrected chi connectivity index (χ3v) is 3.87. The number of halogens is 2. The topological polar surface area (TPSA) is 55.4 Å². The molecule has 0 saturated carbocycles. The summed E-state index contributed by atoms with van der Waals surface area (Å²) in [6.45, 7) is 5.38. The Labute approximate surface area is 162 Å². The number of rotatable bonds is 8. The van der Waals surface area contributed by atoms with Gasteiger partial charge in [0.1, 0.15) is 11.6 Å². The molecule has 146 valence electrons. The Morgan fingerprint density at radius 3 is 2.32 bits per heavy atom. The summed E-state index contributed by atoms with van der Waals surface area (Å²) in [5.41, 5.74) is 1.96. The van der Waals surface area contributed by atoms with Crippen LogP contribution in [0.4, 0.5) is 8.78 Å². The Hall–Kier alpha value is -3.28. The molecule has 6 heteroatoms. The number of benzene rings is 2. The number of carbonyl (C=O) groups excluding carboxylic acids is 2. The van der Waals surface area contributed by atoms with E-state index in [4.69, 9.17) is 4.74 Å². The lowest BCUT2D eigenvalue weighted by molar-refractivity contribution is -0.137. The molecule has 1 amide bonds. The summed E-state index contributed by atoms with van der Waals surface area (Å²) >= 11 is 0. The monoisotopic (exact) mass is 385 g/mol. The van der Waals surface area contributed by atoms with Crippen molar-refractivity contribution in [3.05, 3.63) is 84.5 Å². The molecule has 0 aliphatic heterocycles. The third-order valence-electron chi connectivity index (χ3n) is 3.87. The number of amides is 1. The molecule has 1 N–H and O–H groups in total. The molecule has 0 fully saturated rings. The molecule has 2 aromatic rings. The number of esters is 1. The summed E-state index contributed by atoms with van der Waals surface area (Å²) in [7, 11) is 0. The van der Waals surface area contributed by atoms with E-state index in [2.05, 4.69) is 11.9 Å². The van der Waals surface area contributed by atoms with E-state index in [0.29, 0.717) is 17.5 Å². The van der Waals surface area contributed by atoms with Crippen LogP contribution in [0.5, 0.6) is 0 Å². The van der Waals surface area contributed by atoms with E-state index in [0.717, 1.165) is 17.7 Å². The van der Waals surface area contributed by atoms with E-state index < -0.39 is 23.6 Å². The standard InChI is InChI=1S/C22H21F2NO3/c1-3-21(26)25-20(9-10-22(27)28-4-2)11-15-5-7-16(8-6-15)17-12-18(23)14-19(24)13-17/h3,5-10,12-14,20H,1,4,11H2,2H3,(H,25,26)/b10-9+/t20-/m0/s1. The average molecular weight is 385 g/mol. The first-order chi connectivity index (χ1) is 13.4. The molecule has 28 heavy (non-hydrogen) atoms. The van der Waals surface area contributed by atoms with Crippen molar-refractivity contribution < 1.29 is 23.1 Å². The lowest BCUT2D eigenvalue weighted by Gasteiger charge is -2.14. The van der Waals surface area contributed by atoms with Gasteiger partial charge in [0.2, 0.25) is 5.91 Å². The summed E-state index contributed by atoms with van der Waals surface area (Å²) in [6.07, 6.45) is 4.37. The Balaban J connectivity index is 2.15. The van der Waals surface area contributed by atoms with Crippen LogP contribution in [0.15, 0.2) is 67.3 Å². The van der Waals surface area contributed by atoms with Crippen LogP contribution in [0.2, 0.25) is 0 Å². The molecule has 4 nitrogen and oxygen atoms in total. The van der Waals surface area contributed by atoms with E-state index in [1.165, 1.54) is 18.2 Å². The lowest BCUT2D eigenvalue weighted by atomic mass is 10.00. The SMILES string of the molecule is C=CC(=O)N[C@@H](/C=C/C(=O)OCC)Cc1ccc(-c2cc(F)cc(F)c2)cc1. The predicted octanol–water partition coefficient (Wildman–Crippen LogP) is 3.96. The fraction of sp³-hybridized carbons (Fsp3) is 0.182. The first-order valence-corrected chi connectivity index (χ1v) is 8.74. The Morgan fingerprint density at radius 1 is 1.11 bits per heavy atom. The van der Waals surface area contributed by atoms with Crippen molar-refractivity contribution in [1.29, 1.82) is 0 Å². The predicted molar refractivity (Wildman–Crippen MR) is 103 cm³/mol. The van der Waals surface area contributed by atoms with Gasteiger partial charge in [0.05, 0.1) is 12.6 Å². The maximum absolute atomic E-state index is 13.4. The largest absolute Gasteiger partial charge is 0.463 e. The highest BCUT2D eigenvalue weighted by molar-refractivity contribution is 5.87. The van der Waals surface area contributed by atoms with Crippen LogP contribution in [0.3, 0.4) is 0 Å². The lowest BCUT2D eigenvalue weighted by Crippen LogP contribution is -2.33. The van der Waals surface area contributed by atoms with E-state index in [9.17, 15) is 18.4 Å². The molecule has 0 aliphatic rings. The van der Waals surface area contributed by atoms with E-state index >= 15 is 0 Å². The van der Waals surface area contributed by atoms with Gasteiger partial charge in [0.25, 0.3) is 0 Å². The van der Waals surface area contributed by atoms with Crippen molar-refractivity contribution in [2.45, 2.75) is 19.4 Å². The Kier molecular flexibility index (Phi) is 7.63. The van der Waals surface area contributed by atoms with Crippen LogP contribution in [-0.4, -0.2) is 24.5 Å². The summed E-state index contributed by atoms with van der Waals surface area (Å²) in [6, 6.07) is 9.96. The number of carbonyl (C=O) groups is 2. The van der Waals surface area contributed by atoms with Crippen LogP contribution in [-0.2, 0) is 20.7 Å². The van der Waals surface area contributed by atoms with Gasteiger partial charge in [0.15, 0.2) is 0 Å². The summed E-state index contributed by atoms with van der Waals surface area (Å²) in [5, 5.41) is 2.72. The second kappa shape index (κ2) is 10.2. The summed E-state index contributed by atoms with van der Waals surface area (Å²) < 4.78 is 31.6. The number of ether oxygens (including phenoxy) is 1. The van der Waals surface area contributed by atoms with Crippen molar-refractivity contribution in [3.8, 4) is 11.1 Å². The quantitative estimate of drug-likeness (QED) is 0.553. The molecule has 0 spiro atoms. The van der Waals surface area contributed by atoms with Crippen molar-refractivity contribution >= 4 is 11.9 Å². The van der Waals surface area contributed by atoms with Crippen molar-refractivity contribution in [2.24, 2.45) is 0 Å². The maximum Gasteiger partial charge on any atom is 0.330 e. The fourth-order valence-electron chi connectivity index (χ4n) is 2.60. The zero-order chi connectivity index (χ0) is 20.5. The molecule has 1 atom stereocenters. The zero-order valence-corrected chi connectivity index (χ0v) is 15.5. The van der Waals surface area contributed by atoms with Crippen LogP contribution < -0.4 is 5.32 Å². The van der Waals surface area contributed by atoms with E-state index in [1.807, 2.05) is 0 Å². The van der Waals surface area contributed by atoms with Gasteiger partial charge in [-0.25, -0.2) is 13.6 Å². The highest BCUT2D eigenvalue weighted by atomic mass is 19.1. The van der Waals surface area contributed by atoms with Gasteiger partial charge in [0, 0.05) is 12.1 Å². The van der Waals surface area contributed by atoms with Crippen molar-refractivity contribution in [3.63, 3.8) is 0 Å². The first kappa shape index (κ1) is 21.0. The number of hydrogen-bond acceptors (Lipinski definition) is 3. The Bertz CT molecular complexity index is 856. The maximum atomic E-state index is 13.4. The van der Waals surface area contributed by atoms with E-state index in [1.54, 1.807) is 37.3 Å². The average Bonchev–Trinajstić information content (AvgIpc) is 2.66. The molecule has 2 aromatic carbocycles. The minimum atomic E-state index is -0.643. The Morgan fingerprint density at radius 2 is 1.75 bits per heavy atom. The number of hydrogen-bond donors (Lipinski definition) is 1. The van der Waals surface area contributed by atoms with Gasteiger partial charge in [-0.1, -0.05) is 36.9 Å². The minimum Gasteiger partial charge on any atom is -0.463 e. The van der Waals surface area contributed by atoms with Crippen molar-refractivity contribution in [1.82, 2.24) is 5.32 Å². The molecule has 0 aromatic heterocycles. The second-order valence-electron chi connectivity index (χ2n) is 5.99. The molecule has 2 rings (SSSR count). The van der Waals surface area contributed by atoms with Crippen molar-refractivity contribution in [2.75, 3.05) is 6.61 Å². The fourth-order valence-corrected chi connectivity index (χ4v) is 2.60. The van der Waals surface area contributed by atoms with Gasteiger partial charge in [-0.15, -0.1) is 0 Å². The molecular weight excluding hydrogens is 364 g/mol. The molecular formula is C22H21F2NO3. The molecule has 0 heterocycles. The molecule has 0 aliphatic carbocycles. The van der Waals surface area contributed by atoms with Gasteiger partial charge in [-0.2, -0.15) is 0 Å². The van der Waals surface area contributed by atoms with Gasteiger partial charge in [-0.05, 0) is 48.2 Å². The minimum absolute atomic E-state index is 0.259. The highest BCUT2D eigenvalue weighted by Gasteiger charge is 2.10. The highest BCUT2D eigenvalue weighted by Crippen LogP contribution is 2.22.